The lowest BCUT2D eigenvalue weighted by Gasteiger charge is -2.14. The molecule has 1 N–H and O–H groups in total. The van der Waals surface area contributed by atoms with Crippen LogP contribution in [0.2, 0.25) is 0 Å². The van der Waals surface area contributed by atoms with E-state index in [1.165, 1.54) is 12.3 Å². The lowest BCUT2D eigenvalue weighted by atomic mass is 10.1. The van der Waals surface area contributed by atoms with E-state index in [0.717, 1.165) is 10.9 Å². The van der Waals surface area contributed by atoms with Gasteiger partial charge in [-0.05, 0) is 18.6 Å². The molecule has 0 saturated carbocycles. The van der Waals surface area contributed by atoms with Gasteiger partial charge in [0, 0.05) is 25.4 Å². The molecule has 0 aliphatic rings. The van der Waals surface area contributed by atoms with Gasteiger partial charge in [0.25, 0.3) is 5.91 Å². The second kappa shape index (κ2) is 6.66. The van der Waals surface area contributed by atoms with E-state index in [1.54, 1.807) is 43.0 Å². The highest BCUT2D eigenvalue weighted by molar-refractivity contribution is 5.95. The third-order valence-corrected chi connectivity index (χ3v) is 3.84. The molecule has 0 fully saturated rings. The van der Waals surface area contributed by atoms with E-state index in [9.17, 15) is 18.0 Å². The molecule has 9 heteroatoms. The minimum absolute atomic E-state index is 0.0690. The summed E-state index contributed by atoms with van der Waals surface area (Å²) in [5.74, 6) is -0.846. The fourth-order valence-corrected chi connectivity index (χ4v) is 2.61. The number of hydrogen-bond donors (Lipinski definition) is 1. The fraction of sp³-hybridized carbons (Fsp3) is 0.235. The van der Waals surface area contributed by atoms with Crippen LogP contribution in [0.1, 0.15) is 27.2 Å². The number of rotatable bonds is 4. The summed E-state index contributed by atoms with van der Waals surface area (Å²) >= 11 is 0. The number of alkyl halides is 3. The highest BCUT2D eigenvalue weighted by Crippen LogP contribution is 2.34. The van der Waals surface area contributed by atoms with Crippen molar-refractivity contribution in [2.45, 2.75) is 19.6 Å². The normalized spacial score (nSPS) is 11.6. The smallest absolute Gasteiger partial charge is 0.348 e. The minimum atomic E-state index is -4.74. The third kappa shape index (κ3) is 3.46. The summed E-state index contributed by atoms with van der Waals surface area (Å²) in [5, 5.41) is 10.2. The maximum Gasteiger partial charge on any atom is 0.434 e. The number of nitrogens with zero attached hydrogens (tertiary/aromatic N) is 4. The Morgan fingerprint density at radius 2 is 1.92 bits per heavy atom. The van der Waals surface area contributed by atoms with Gasteiger partial charge in [-0.15, -0.1) is 0 Å². The second-order valence-corrected chi connectivity index (χ2v) is 5.81. The largest absolute Gasteiger partial charge is 0.434 e. The molecule has 0 bridgehead atoms. The van der Waals surface area contributed by atoms with Crippen molar-refractivity contribution in [2.24, 2.45) is 7.05 Å². The van der Waals surface area contributed by atoms with E-state index in [0.29, 0.717) is 11.1 Å². The van der Waals surface area contributed by atoms with E-state index in [-0.39, 0.29) is 12.2 Å². The van der Waals surface area contributed by atoms with Crippen molar-refractivity contribution in [2.75, 3.05) is 0 Å². The molecule has 0 aliphatic heterocycles. The molecule has 0 radical (unpaired) electrons. The van der Waals surface area contributed by atoms with E-state index in [2.05, 4.69) is 15.5 Å². The Bertz CT molecular complexity index is 942. The third-order valence-electron chi connectivity index (χ3n) is 3.84. The molecule has 136 valence electrons. The Morgan fingerprint density at radius 1 is 1.19 bits per heavy atom. The number of para-hydroxylation sites is 1. The maximum absolute atomic E-state index is 13.6. The predicted octanol–water partition coefficient (Wildman–Crippen LogP) is 2.86. The average Bonchev–Trinajstić information content (AvgIpc) is 3.19. The van der Waals surface area contributed by atoms with E-state index in [4.69, 9.17) is 0 Å². The minimum Gasteiger partial charge on any atom is -0.348 e. The Morgan fingerprint density at radius 3 is 2.54 bits per heavy atom. The van der Waals surface area contributed by atoms with Crippen molar-refractivity contribution in [1.82, 2.24) is 24.9 Å². The van der Waals surface area contributed by atoms with Crippen LogP contribution in [0.3, 0.4) is 0 Å². The molecule has 26 heavy (non-hydrogen) atoms. The number of benzene rings is 1. The summed E-state index contributed by atoms with van der Waals surface area (Å²) in [6.07, 6.45) is -0.600. The summed E-state index contributed by atoms with van der Waals surface area (Å²) in [6.45, 7) is 1.75. The van der Waals surface area contributed by atoms with Crippen LogP contribution in [-0.2, 0) is 19.8 Å². The van der Waals surface area contributed by atoms with Crippen LogP contribution in [0.25, 0.3) is 5.69 Å². The van der Waals surface area contributed by atoms with Crippen molar-refractivity contribution in [3.63, 3.8) is 0 Å². The van der Waals surface area contributed by atoms with Gasteiger partial charge in [0.1, 0.15) is 0 Å². The summed E-state index contributed by atoms with van der Waals surface area (Å²) in [6, 6.07) is 6.54. The zero-order valence-electron chi connectivity index (χ0n) is 14.1. The number of amides is 1. The molecule has 3 rings (SSSR count). The first-order chi connectivity index (χ1) is 12.3. The number of carbonyl (C=O) groups excluding carboxylic acids is 1. The van der Waals surface area contributed by atoms with Crippen molar-refractivity contribution in [3.8, 4) is 5.69 Å². The number of halogens is 3. The number of hydrogen-bond acceptors (Lipinski definition) is 3. The number of nitrogens with one attached hydrogen (secondary N) is 1. The standard InChI is InChI=1S/C17H16F3N5O/c1-11-5-3-4-6-14(11)25-15(17(18,19)20)13(9-23-25)16(26)21-7-12-8-22-24(2)10-12/h3-6,8-10H,7H2,1-2H3,(H,21,26). The Kier molecular flexibility index (Phi) is 4.54. The molecule has 0 atom stereocenters. The van der Waals surface area contributed by atoms with Gasteiger partial charge in [0.05, 0.1) is 23.6 Å². The van der Waals surface area contributed by atoms with Gasteiger partial charge in [-0.3, -0.25) is 9.48 Å². The number of aromatic nitrogens is 4. The molecule has 0 saturated heterocycles. The van der Waals surface area contributed by atoms with Crippen molar-refractivity contribution < 1.29 is 18.0 Å². The summed E-state index contributed by atoms with van der Waals surface area (Å²) in [4.78, 5) is 12.3. The van der Waals surface area contributed by atoms with Crippen LogP contribution in [-0.4, -0.2) is 25.5 Å². The molecule has 3 aromatic rings. The quantitative estimate of drug-likeness (QED) is 0.775. The van der Waals surface area contributed by atoms with Crippen LogP contribution in [0.4, 0.5) is 13.2 Å². The molecule has 0 aliphatic carbocycles. The van der Waals surface area contributed by atoms with Gasteiger partial charge in [-0.2, -0.15) is 23.4 Å². The van der Waals surface area contributed by atoms with Crippen LogP contribution < -0.4 is 5.32 Å². The van der Waals surface area contributed by atoms with E-state index in [1.807, 2.05) is 0 Å². The van der Waals surface area contributed by atoms with Crippen LogP contribution in [0.15, 0.2) is 42.9 Å². The molecular weight excluding hydrogens is 347 g/mol. The van der Waals surface area contributed by atoms with Crippen LogP contribution >= 0.6 is 0 Å². The van der Waals surface area contributed by atoms with Gasteiger partial charge in [0.2, 0.25) is 0 Å². The molecule has 6 nitrogen and oxygen atoms in total. The first-order valence-electron chi connectivity index (χ1n) is 7.74. The Labute approximate surface area is 147 Å². The fourth-order valence-electron chi connectivity index (χ4n) is 2.61. The van der Waals surface area contributed by atoms with E-state index < -0.39 is 23.3 Å². The molecule has 0 spiro atoms. The Balaban J connectivity index is 1.94. The van der Waals surface area contributed by atoms with Crippen molar-refractivity contribution >= 4 is 5.91 Å². The van der Waals surface area contributed by atoms with Crippen LogP contribution in [0, 0.1) is 6.92 Å². The Hall–Kier alpha value is -3.10. The first kappa shape index (κ1) is 17.7. The average molecular weight is 363 g/mol. The maximum atomic E-state index is 13.6. The molecular formula is C17H16F3N5O. The topological polar surface area (TPSA) is 64.7 Å². The van der Waals surface area contributed by atoms with Gasteiger partial charge >= 0.3 is 6.18 Å². The van der Waals surface area contributed by atoms with Gasteiger partial charge < -0.3 is 5.32 Å². The monoisotopic (exact) mass is 363 g/mol. The zero-order valence-corrected chi connectivity index (χ0v) is 14.1. The molecule has 0 unspecified atom stereocenters. The number of carbonyl (C=O) groups is 1. The lowest BCUT2D eigenvalue weighted by molar-refractivity contribution is -0.143. The second-order valence-electron chi connectivity index (χ2n) is 5.81. The first-order valence-corrected chi connectivity index (χ1v) is 7.74. The summed E-state index contributed by atoms with van der Waals surface area (Å²) < 4.78 is 43.2. The predicted molar refractivity (Wildman–Crippen MR) is 87.7 cm³/mol. The van der Waals surface area contributed by atoms with Gasteiger partial charge in [-0.25, -0.2) is 4.68 Å². The molecule has 2 aromatic heterocycles. The molecule has 1 amide bonds. The summed E-state index contributed by atoms with van der Waals surface area (Å²) in [5.41, 5.74) is -0.0598. The lowest BCUT2D eigenvalue weighted by Crippen LogP contribution is -2.26. The van der Waals surface area contributed by atoms with E-state index >= 15 is 0 Å². The highest BCUT2D eigenvalue weighted by Gasteiger charge is 2.40. The van der Waals surface area contributed by atoms with Crippen molar-refractivity contribution in [3.05, 3.63) is 65.2 Å². The molecule has 1 aromatic carbocycles. The van der Waals surface area contributed by atoms with Crippen molar-refractivity contribution in [1.29, 1.82) is 0 Å². The van der Waals surface area contributed by atoms with Gasteiger partial charge in [0.15, 0.2) is 5.69 Å². The summed E-state index contributed by atoms with van der Waals surface area (Å²) in [7, 11) is 1.71. The SMILES string of the molecule is Cc1ccccc1-n1ncc(C(=O)NCc2cnn(C)c2)c1C(F)(F)F. The van der Waals surface area contributed by atoms with Crippen LogP contribution in [0.5, 0.6) is 0 Å². The van der Waals surface area contributed by atoms with Gasteiger partial charge in [-0.1, -0.05) is 18.2 Å². The number of aryl methyl sites for hydroxylation is 2. The highest BCUT2D eigenvalue weighted by atomic mass is 19.4. The zero-order chi connectivity index (χ0) is 18.9. The molecule has 2 heterocycles.